The average molecular weight is 391 g/mol. The van der Waals surface area contributed by atoms with Crippen molar-refractivity contribution in [2.24, 2.45) is 0 Å². The van der Waals surface area contributed by atoms with E-state index in [0.717, 1.165) is 16.1 Å². The Morgan fingerprint density at radius 1 is 1.11 bits per heavy atom. The molecule has 2 aromatic rings. The molecule has 0 atom stereocenters. The summed E-state index contributed by atoms with van der Waals surface area (Å²) >= 11 is 0. The molecule has 0 radical (unpaired) electrons. The van der Waals surface area contributed by atoms with Gasteiger partial charge in [0.1, 0.15) is 12.3 Å². The smallest absolute Gasteiger partial charge is 0.245 e. The number of hydrogen-bond acceptors (Lipinski definition) is 4. The predicted octanol–water partition coefficient (Wildman–Crippen LogP) is 3.40. The number of carbonyl (C=O) groups excluding carboxylic acids is 1. The predicted molar refractivity (Wildman–Crippen MR) is 109 cm³/mol. The molecule has 0 unspecified atom stereocenters. The molecule has 146 valence electrons. The van der Waals surface area contributed by atoms with Crippen LogP contribution in [-0.2, 0) is 20.2 Å². The van der Waals surface area contributed by atoms with E-state index in [1.165, 1.54) is 7.11 Å². The van der Waals surface area contributed by atoms with Gasteiger partial charge in [-0.3, -0.25) is 9.10 Å². The van der Waals surface area contributed by atoms with Gasteiger partial charge in [-0.05, 0) is 35.2 Å². The van der Waals surface area contributed by atoms with Gasteiger partial charge < -0.3 is 10.1 Å². The van der Waals surface area contributed by atoms with E-state index in [2.05, 4.69) is 26.1 Å². The molecule has 1 amide bonds. The number of ether oxygens (including phenoxy) is 1. The second-order valence-electron chi connectivity index (χ2n) is 7.35. The molecule has 0 fully saturated rings. The van der Waals surface area contributed by atoms with Crippen LogP contribution in [0.3, 0.4) is 0 Å². The van der Waals surface area contributed by atoms with E-state index in [9.17, 15) is 13.2 Å². The zero-order valence-corrected chi connectivity index (χ0v) is 17.1. The molecular weight excluding hydrogens is 364 g/mol. The highest BCUT2D eigenvalue weighted by Gasteiger charge is 2.22. The third-order valence-electron chi connectivity index (χ3n) is 4.06. The SMILES string of the molecule is COc1cccc(NC(=O)CN(c2ccc(C(C)(C)C)cc2)S(C)(=O)=O)c1. The summed E-state index contributed by atoms with van der Waals surface area (Å²) in [6.07, 6.45) is 1.09. The Balaban J connectivity index is 2.21. The lowest BCUT2D eigenvalue weighted by molar-refractivity contribution is -0.114. The van der Waals surface area contributed by atoms with Crippen LogP contribution in [0.25, 0.3) is 0 Å². The van der Waals surface area contributed by atoms with Gasteiger partial charge in [0, 0.05) is 11.8 Å². The number of nitrogens with one attached hydrogen (secondary N) is 1. The van der Waals surface area contributed by atoms with Gasteiger partial charge in [-0.15, -0.1) is 0 Å². The first-order valence-electron chi connectivity index (χ1n) is 8.53. The first-order valence-corrected chi connectivity index (χ1v) is 10.4. The molecule has 0 spiro atoms. The first kappa shape index (κ1) is 20.8. The minimum atomic E-state index is -3.62. The van der Waals surface area contributed by atoms with Crippen LogP contribution in [0, 0.1) is 0 Å². The Bertz CT molecular complexity index is 900. The molecule has 1 N–H and O–H groups in total. The first-order chi connectivity index (χ1) is 12.5. The van der Waals surface area contributed by atoms with E-state index >= 15 is 0 Å². The lowest BCUT2D eigenvalue weighted by Crippen LogP contribution is -2.37. The number of benzene rings is 2. The Morgan fingerprint density at radius 2 is 1.74 bits per heavy atom. The molecule has 0 heterocycles. The van der Waals surface area contributed by atoms with Crippen LogP contribution in [0.1, 0.15) is 26.3 Å². The van der Waals surface area contributed by atoms with Crippen LogP contribution in [0.2, 0.25) is 0 Å². The summed E-state index contributed by atoms with van der Waals surface area (Å²) in [6, 6.07) is 14.1. The van der Waals surface area contributed by atoms with Crippen LogP contribution in [0.4, 0.5) is 11.4 Å². The molecule has 0 aliphatic heterocycles. The van der Waals surface area contributed by atoms with Crippen LogP contribution in [0.15, 0.2) is 48.5 Å². The number of sulfonamides is 1. The standard InChI is InChI=1S/C20H26N2O4S/c1-20(2,3)15-9-11-17(12-10-15)22(27(5,24)25)14-19(23)21-16-7-6-8-18(13-16)26-4/h6-13H,14H2,1-5H3,(H,21,23). The highest BCUT2D eigenvalue weighted by Crippen LogP contribution is 2.26. The monoisotopic (exact) mass is 390 g/mol. The third-order valence-corrected chi connectivity index (χ3v) is 5.20. The van der Waals surface area contributed by atoms with E-state index in [4.69, 9.17) is 4.74 Å². The van der Waals surface area contributed by atoms with E-state index in [-0.39, 0.29) is 12.0 Å². The Labute approximate surface area is 161 Å². The van der Waals surface area contributed by atoms with E-state index in [1.54, 1.807) is 36.4 Å². The number of hydrogen-bond donors (Lipinski definition) is 1. The van der Waals surface area contributed by atoms with Gasteiger partial charge in [-0.25, -0.2) is 8.42 Å². The van der Waals surface area contributed by atoms with Crippen molar-refractivity contribution in [3.8, 4) is 5.75 Å². The lowest BCUT2D eigenvalue weighted by atomic mass is 9.87. The molecule has 0 aromatic heterocycles. The molecule has 0 saturated carbocycles. The van der Waals surface area contributed by atoms with E-state index < -0.39 is 15.9 Å². The summed E-state index contributed by atoms with van der Waals surface area (Å²) in [4.78, 5) is 12.4. The summed E-state index contributed by atoms with van der Waals surface area (Å²) in [5, 5.41) is 2.70. The van der Waals surface area contributed by atoms with Crippen LogP contribution in [-0.4, -0.2) is 34.2 Å². The molecule has 27 heavy (non-hydrogen) atoms. The molecule has 7 heteroatoms. The van der Waals surface area contributed by atoms with Gasteiger partial charge in [0.15, 0.2) is 0 Å². The van der Waals surface area contributed by atoms with E-state index in [0.29, 0.717) is 17.1 Å². The number of rotatable bonds is 6. The summed E-state index contributed by atoms with van der Waals surface area (Å²) in [6.45, 7) is 5.93. The quantitative estimate of drug-likeness (QED) is 0.820. The van der Waals surface area contributed by atoms with Crippen molar-refractivity contribution in [3.05, 3.63) is 54.1 Å². The number of carbonyl (C=O) groups is 1. The van der Waals surface area contributed by atoms with Crippen molar-refractivity contribution in [2.45, 2.75) is 26.2 Å². The van der Waals surface area contributed by atoms with Crippen molar-refractivity contribution in [1.82, 2.24) is 0 Å². The summed E-state index contributed by atoms with van der Waals surface area (Å²) < 4.78 is 30.7. The van der Waals surface area contributed by atoms with Crippen molar-refractivity contribution >= 4 is 27.3 Å². The molecule has 0 aliphatic carbocycles. The average Bonchev–Trinajstić information content (AvgIpc) is 2.58. The number of anilines is 2. The van der Waals surface area contributed by atoms with Gasteiger partial charge in [-0.1, -0.05) is 39.0 Å². The van der Waals surface area contributed by atoms with Crippen LogP contribution in [0.5, 0.6) is 5.75 Å². The fraction of sp³-hybridized carbons (Fsp3) is 0.350. The second kappa shape index (κ2) is 8.00. The molecular formula is C20H26N2O4S. The third kappa shape index (κ3) is 5.72. The van der Waals surface area contributed by atoms with Crippen molar-refractivity contribution in [2.75, 3.05) is 29.5 Å². The highest BCUT2D eigenvalue weighted by molar-refractivity contribution is 7.92. The summed E-state index contributed by atoms with van der Waals surface area (Å²) in [7, 11) is -2.08. The number of nitrogens with zero attached hydrogens (tertiary/aromatic N) is 1. The fourth-order valence-corrected chi connectivity index (χ4v) is 3.42. The lowest BCUT2D eigenvalue weighted by Gasteiger charge is -2.24. The summed E-state index contributed by atoms with van der Waals surface area (Å²) in [5.41, 5.74) is 2.03. The van der Waals surface area contributed by atoms with Crippen molar-refractivity contribution in [1.29, 1.82) is 0 Å². The summed E-state index contributed by atoms with van der Waals surface area (Å²) in [5.74, 6) is 0.166. The van der Waals surface area contributed by atoms with Crippen LogP contribution < -0.4 is 14.4 Å². The molecule has 2 aromatic carbocycles. The number of methoxy groups -OCH3 is 1. The van der Waals surface area contributed by atoms with Gasteiger partial charge in [0.25, 0.3) is 0 Å². The Hall–Kier alpha value is -2.54. The Morgan fingerprint density at radius 3 is 2.26 bits per heavy atom. The Kier molecular flexibility index (Phi) is 6.15. The number of amides is 1. The minimum absolute atomic E-state index is 0.0435. The largest absolute Gasteiger partial charge is 0.497 e. The van der Waals surface area contributed by atoms with E-state index in [1.807, 2.05) is 12.1 Å². The normalized spacial score (nSPS) is 11.7. The van der Waals surface area contributed by atoms with Crippen molar-refractivity contribution in [3.63, 3.8) is 0 Å². The van der Waals surface area contributed by atoms with Gasteiger partial charge in [-0.2, -0.15) is 0 Å². The maximum atomic E-state index is 12.4. The van der Waals surface area contributed by atoms with Gasteiger partial charge in [0.2, 0.25) is 15.9 Å². The molecule has 0 aliphatic rings. The fourth-order valence-electron chi connectivity index (χ4n) is 2.56. The minimum Gasteiger partial charge on any atom is -0.497 e. The van der Waals surface area contributed by atoms with Crippen LogP contribution >= 0.6 is 0 Å². The zero-order chi connectivity index (χ0) is 20.2. The molecule has 0 bridgehead atoms. The molecule has 2 rings (SSSR count). The molecule has 6 nitrogen and oxygen atoms in total. The topological polar surface area (TPSA) is 75.7 Å². The highest BCUT2D eigenvalue weighted by atomic mass is 32.2. The second-order valence-corrected chi connectivity index (χ2v) is 9.25. The zero-order valence-electron chi connectivity index (χ0n) is 16.3. The maximum Gasteiger partial charge on any atom is 0.245 e. The van der Waals surface area contributed by atoms with Gasteiger partial charge >= 0.3 is 0 Å². The van der Waals surface area contributed by atoms with Crippen molar-refractivity contribution < 1.29 is 17.9 Å². The molecule has 0 saturated heterocycles. The van der Waals surface area contributed by atoms with Gasteiger partial charge in [0.05, 0.1) is 19.1 Å². The maximum absolute atomic E-state index is 12.4.